The second-order valence-electron chi connectivity index (χ2n) is 6.87. The number of fused-ring (bicyclic) bond motifs is 3. The molecule has 6 nitrogen and oxygen atoms in total. The van der Waals surface area contributed by atoms with Gasteiger partial charge in [-0.2, -0.15) is 0 Å². The van der Waals surface area contributed by atoms with Crippen LogP contribution in [0.25, 0.3) is 0 Å². The number of rotatable bonds is 3. The third-order valence-corrected chi connectivity index (χ3v) is 6.60. The van der Waals surface area contributed by atoms with Gasteiger partial charge >= 0.3 is 0 Å². The Bertz CT molecular complexity index is 554. The molecule has 0 bridgehead atoms. The van der Waals surface area contributed by atoms with E-state index in [1.54, 1.807) is 11.3 Å². The molecule has 0 unspecified atom stereocenters. The number of piperidine rings is 1. The molecule has 1 aromatic heterocycles. The normalized spacial score (nSPS) is 37.9. The Morgan fingerprint density at radius 1 is 1.43 bits per heavy atom. The van der Waals surface area contributed by atoms with Crippen molar-refractivity contribution in [1.29, 1.82) is 0 Å². The van der Waals surface area contributed by atoms with E-state index in [1.807, 2.05) is 7.05 Å². The standard InChI is InChI=1S/C16H25N3O3S/c1-17-15-18-12(10-23-15)7-19-6-11-8-22-5-3-16(11,20)13-9-21-4-2-14(13)19/h10-11,13-14,20H,2-9H2,1H3,(H,17,18)/t11-,13+,14-,16-/m1/s1. The molecule has 7 heteroatoms. The number of thiazole rings is 1. The number of ether oxygens (including phenoxy) is 2. The second-order valence-corrected chi connectivity index (χ2v) is 7.73. The number of likely N-dealkylation sites (tertiary alicyclic amines) is 1. The smallest absolute Gasteiger partial charge is 0.182 e. The van der Waals surface area contributed by atoms with Crippen LogP contribution in [-0.2, 0) is 16.0 Å². The van der Waals surface area contributed by atoms with Gasteiger partial charge in [0, 0.05) is 63.0 Å². The summed E-state index contributed by atoms with van der Waals surface area (Å²) in [5.74, 6) is 0.350. The van der Waals surface area contributed by atoms with Gasteiger partial charge in [-0.1, -0.05) is 0 Å². The number of nitrogens with one attached hydrogen (secondary N) is 1. The number of nitrogens with zero attached hydrogens (tertiary/aromatic N) is 2. The van der Waals surface area contributed by atoms with E-state index >= 15 is 0 Å². The highest BCUT2D eigenvalue weighted by molar-refractivity contribution is 7.13. The van der Waals surface area contributed by atoms with Crippen LogP contribution in [-0.4, -0.2) is 66.7 Å². The zero-order valence-corrected chi connectivity index (χ0v) is 14.3. The Balaban J connectivity index is 1.57. The van der Waals surface area contributed by atoms with E-state index < -0.39 is 5.60 Å². The summed E-state index contributed by atoms with van der Waals surface area (Å²) in [6, 6.07) is 0.378. The first kappa shape index (κ1) is 15.8. The lowest BCUT2D eigenvalue weighted by molar-refractivity contribution is -0.221. The molecule has 2 N–H and O–H groups in total. The van der Waals surface area contributed by atoms with Crippen LogP contribution in [0.5, 0.6) is 0 Å². The molecule has 3 aliphatic rings. The molecular formula is C16H25N3O3S. The highest BCUT2D eigenvalue weighted by Gasteiger charge is 2.55. The number of anilines is 1. The van der Waals surface area contributed by atoms with Crippen LogP contribution in [0.4, 0.5) is 5.13 Å². The summed E-state index contributed by atoms with van der Waals surface area (Å²) >= 11 is 1.64. The number of hydrogen-bond acceptors (Lipinski definition) is 7. The Morgan fingerprint density at radius 3 is 3.13 bits per heavy atom. The lowest BCUT2D eigenvalue weighted by atomic mass is 9.66. The van der Waals surface area contributed by atoms with E-state index in [-0.39, 0.29) is 11.8 Å². The molecule has 4 atom stereocenters. The summed E-state index contributed by atoms with van der Waals surface area (Å²) in [4.78, 5) is 7.12. The average Bonchev–Trinajstić information content (AvgIpc) is 3.03. The highest BCUT2D eigenvalue weighted by atomic mass is 32.1. The van der Waals surface area contributed by atoms with E-state index in [2.05, 4.69) is 20.6 Å². The fourth-order valence-electron chi connectivity index (χ4n) is 4.45. The molecule has 3 fully saturated rings. The van der Waals surface area contributed by atoms with Gasteiger partial charge in [-0.15, -0.1) is 11.3 Å². The lowest BCUT2D eigenvalue weighted by Crippen LogP contribution is -2.67. The van der Waals surface area contributed by atoms with E-state index in [4.69, 9.17) is 9.47 Å². The van der Waals surface area contributed by atoms with Gasteiger partial charge in [0.2, 0.25) is 0 Å². The first-order chi connectivity index (χ1) is 11.2. The van der Waals surface area contributed by atoms with Crippen molar-refractivity contribution in [2.24, 2.45) is 11.8 Å². The molecule has 4 heterocycles. The van der Waals surface area contributed by atoms with Crippen LogP contribution in [0.2, 0.25) is 0 Å². The Morgan fingerprint density at radius 2 is 2.30 bits per heavy atom. The van der Waals surface area contributed by atoms with Crippen LogP contribution >= 0.6 is 11.3 Å². The molecular weight excluding hydrogens is 314 g/mol. The lowest BCUT2D eigenvalue weighted by Gasteiger charge is -2.57. The highest BCUT2D eigenvalue weighted by Crippen LogP contribution is 2.44. The molecule has 0 radical (unpaired) electrons. The molecule has 128 valence electrons. The predicted molar refractivity (Wildman–Crippen MR) is 88.7 cm³/mol. The van der Waals surface area contributed by atoms with Crippen LogP contribution in [0.3, 0.4) is 0 Å². The molecule has 23 heavy (non-hydrogen) atoms. The first-order valence-corrected chi connectivity index (χ1v) is 9.33. The minimum Gasteiger partial charge on any atom is -0.389 e. The average molecular weight is 339 g/mol. The molecule has 4 rings (SSSR count). The van der Waals surface area contributed by atoms with E-state index in [0.717, 1.165) is 43.4 Å². The summed E-state index contributed by atoms with van der Waals surface area (Å²) in [5.41, 5.74) is 0.477. The van der Waals surface area contributed by atoms with Crippen LogP contribution < -0.4 is 5.32 Å². The molecule has 1 aromatic rings. The van der Waals surface area contributed by atoms with E-state index in [9.17, 15) is 5.11 Å². The molecule has 0 saturated carbocycles. The zero-order valence-electron chi connectivity index (χ0n) is 13.5. The third kappa shape index (κ3) is 2.78. The summed E-state index contributed by atoms with van der Waals surface area (Å²) in [6.07, 6.45) is 1.72. The molecule has 0 aromatic carbocycles. The maximum atomic E-state index is 11.3. The van der Waals surface area contributed by atoms with Crippen molar-refractivity contribution in [2.45, 2.75) is 31.0 Å². The summed E-state index contributed by atoms with van der Waals surface area (Å²) in [5, 5.41) is 17.5. The molecule has 0 aliphatic carbocycles. The topological polar surface area (TPSA) is 66.9 Å². The zero-order chi connectivity index (χ0) is 15.9. The number of aliphatic hydroxyl groups is 1. The summed E-state index contributed by atoms with van der Waals surface area (Å²) < 4.78 is 11.4. The van der Waals surface area contributed by atoms with Gasteiger partial charge in [0.05, 0.1) is 24.5 Å². The quantitative estimate of drug-likeness (QED) is 0.862. The van der Waals surface area contributed by atoms with Gasteiger partial charge in [-0.25, -0.2) is 4.98 Å². The number of aromatic nitrogens is 1. The van der Waals surface area contributed by atoms with E-state index in [0.29, 0.717) is 25.9 Å². The van der Waals surface area contributed by atoms with Crippen LogP contribution in [0, 0.1) is 11.8 Å². The third-order valence-electron chi connectivity index (χ3n) is 5.69. The maximum Gasteiger partial charge on any atom is 0.182 e. The fourth-order valence-corrected chi connectivity index (χ4v) is 5.12. The minimum absolute atomic E-state index is 0.168. The monoisotopic (exact) mass is 339 g/mol. The molecule has 0 spiro atoms. The first-order valence-electron chi connectivity index (χ1n) is 8.45. The number of hydrogen-bond donors (Lipinski definition) is 2. The Kier molecular flexibility index (Phi) is 4.32. The van der Waals surface area contributed by atoms with E-state index in [1.165, 1.54) is 0 Å². The van der Waals surface area contributed by atoms with Crippen molar-refractivity contribution in [3.63, 3.8) is 0 Å². The Hall–Kier alpha value is -0.730. The van der Waals surface area contributed by atoms with Crippen molar-refractivity contribution >= 4 is 16.5 Å². The van der Waals surface area contributed by atoms with Gasteiger partial charge in [-0.05, 0) is 6.42 Å². The van der Waals surface area contributed by atoms with Gasteiger partial charge in [0.15, 0.2) is 5.13 Å². The van der Waals surface area contributed by atoms with Gasteiger partial charge in [-0.3, -0.25) is 4.90 Å². The Labute approximate surface area is 140 Å². The predicted octanol–water partition coefficient (Wildman–Crippen LogP) is 1.17. The van der Waals surface area contributed by atoms with Gasteiger partial charge < -0.3 is 19.9 Å². The van der Waals surface area contributed by atoms with Crippen LogP contribution in [0.15, 0.2) is 5.38 Å². The fraction of sp³-hybridized carbons (Fsp3) is 0.812. The summed E-state index contributed by atoms with van der Waals surface area (Å²) in [6.45, 7) is 4.47. The van der Waals surface area contributed by atoms with Gasteiger partial charge in [0.25, 0.3) is 0 Å². The van der Waals surface area contributed by atoms with Crippen molar-refractivity contribution in [3.05, 3.63) is 11.1 Å². The van der Waals surface area contributed by atoms with Crippen molar-refractivity contribution < 1.29 is 14.6 Å². The van der Waals surface area contributed by atoms with Gasteiger partial charge in [0.1, 0.15) is 0 Å². The minimum atomic E-state index is -0.627. The largest absolute Gasteiger partial charge is 0.389 e. The molecule has 0 amide bonds. The molecule has 3 aliphatic heterocycles. The molecule has 3 saturated heterocycles. The SMILES string of the molecule is CNc1nc(CN2C[C@@H]3COCC[C@]3(O)[C@H]3COCC[C@H]32)cs1. The maximum absolute atomic E-state index is 11.3. The van der Waals surface area contributed by atoms with Crippen molar-refractivity contribution in [2.75, 3.05) is 45.3 Å². The van der Waals surface area contributed by atoms with Crippen LogP contribution in [0.1, 0.15) is 18.5 Å². The van der Waals surface area contributed by atoms with Crippen molar-refractivity contribution in [3.8, 4) is 0 Å². The van der Waals surface area contributed by atoms with Crippen molar-refractivity contribution in [1.82, 2.24) is 9.88 Å². The summed E-state index contributed by atoms with van der Waals surface area (Å²) in [7, 11) is 1.90. The second kappa shape index (κ2) is 6.29.